The number of nitrogens with zero attached hydrogens (tertiary/aromatic N) is 4. The van der Waals surface area contributed by atoms with Crippen LogP contribution in [0.5, 0.6) is 0 Å². The lowest BCUT2D eigenvalue weighted by molar-refractivity contribution is 1.16. The summed E-state index contributed by atoms with van der Waals surface area (Å²) in [5.74, 6) is 0. The average molecular weight is 1220 g/mol. The molecule has 12 aromatic carbocycles. The zero-order valence-electron chi connectivity index (χ0n) is 52.6. The molecule has 96 heavy (non-hydrogen) atoms. The van der Waals surface area contributed by atoms with Crippen molar-refractivity contribution in [3.8, 4) is 89.3 Å². The van der Waals surface area contributed by atoms with E-state index in [1.165, 1.54) is 0 Å². The van der Waals surface area contributed by atoms with Crippen LogP contribution in [-0.2, 0) is 0 Å². The van der Waals surface area contributed by atoms with Crippen LogP contribution in [0.2, 0.25) is 0 Å². The highest BCUT2D eigenvalue weighted by atomic mass is 15.0. The highest BCUT2D eigenvalue weighted by Crippen LogP contribution is 2.55. The third-order valence-electron chi connectivity index (χ3n) is 18.5. The first-order valence-electron chi connectivity index (χ1n) is 32.8. The number of hydrogen-bond acceptors (Lipinski definition) is 2. The quantitative estimate of drug-likeness (QED) is 0.122. The molecule has 17 rings (SSSR count). The molecule has 0 spiro atoms. The molecule has 2 aliphatic heterocycles. The fourth-order valence-electron chi connectivity index (χ4n) is 14.5. The number of fused-ring (bicyclic) bond motifs is 8. The normalized spacial score (nSPS) is 12.0. The van der Waals surface area contributed by atoms with Gasteiger partial charge in [0.25, 0.3) is 0 Å². The lowest BCUT2D eigenvalue weighted by Crippen LogP contribution is -2.01. The van der Waals surface area contributed by atoms with Crippen LogP contribution in [0, 0.1) is 0 Å². The van der Waals surface area contributed by atoms with Crippen molar-refractivity contribution in [3.63, 3.8) is 0 Å². The van der Waals surface area contributed by atoms with Crippen LogP contribution in [0.15, 0.2) is 370 Å². The van der Waals surface area contributed by atoms with Gasteiger partial charge in [0.15, 0.2) is 0 Å². The van der Waals surface area contributed by atoms with Gasteiger partial charge in [-0.15, -0.1) is 0 Å². The molecule has 0 saturated carbocycles. The molecule has 450 valence electrons. The predicted molar refractivity (Wildman–Crippen MR) is 400 cm³/mol. The van der Waals surface area contributed by atoms with E-state index in [1.54, 1.807) is 0 Å². The summed E-state index contributed by atoms with van der Waals surface area (Å²) in [6.45, 7) is 0. The first-order valence-corrected chi connectivity index (χ1v) is 32.8. The molecule has 0 unspecified atom stereocenters. The Labute approximate surface area is 559 Å². The van der Waals surface area contributed by atoms with Gasteiger partial charge in [-0.05, 0) is 92.0 Å². The predicted octanol–water partition coefficient (Wildman–Crippen LogP) is 23.5. The Balaban J connectivity index is 1.30. The Hall–Kier alpha value is -12.8. The maximum atomic E-state index is 6.63. The Morgan fingerprint density at radius 2 is 0.448 bits per heavy atom. The summed E-state index contributed by atoms with van der Waals surface area (Å²) in [5.41, 5.74) is 29.6. The van der Waals surface area contributed by atoms with Gasteiger partial charge in [-0.25, -0.2) is 9.97 Å². The number of aromatic nitrogens is 4. The molecule has 4 heteroatoms. The van der Waals surface area contributed by atoms with Crippen LogP contribution in [-0.4, -0.2) is 19.1 Å². The third kappa shape index (κ3) is 10.1. The highest BCUT2D eigenvalue weighted by molar-refractivity contribution is 6.20. The maximum Gasteiger partial charge on any atom is 0.0822 e. The van der Waals surface area contributed by atoms with Crippen molar-refractivity contribution in [1.29, 1.82) is 0 Å². The van der Waals surface area contributed by atoms with Crippen molar-refractivity contribution in [3.05, 3.63) is 410 Å². The van der Waals surface area contributed by atoms with Crippen molar-refractivity contribution in [2.45, 2.75) is 0 Å². The summed E-state index contributed by atoms with van der Waals surface area (Å²) in [5, 5.41) is 0. The SMILES string of the molecule is C1=C(c2ccccc2)c2nc1cc1c(-c3ccccc3)c(-c3ccccc3)c(c(-c3ccccc3)c3nc(c(-c4ccccc4)c4c(-c5ccccc5)c(-c5ccccc5)c(c2-c2ccccc2)n4-c2ccccc2)C(c2ccccc2)=C3c2ccccc2)n1-c1ccccc1. The van der Waals surface area contributed by atoms with Crippen LogP contribution < -0.4 is 0 Å². The topological polar surface area (TPSA) is 35.6 Å². The van der Waals surface area contributed by atoms with Crippen molar-refractivity contribution in [2.75, 3.05) is 0 Å². The fourth-order valence-corrected chi connectivity index (χ4v) is 14.5. The number of para-hydroxylation sites is 2. The van der Waals surface area contributed by atoms with Crippen molar-refractivity contribution in [1.82, 2.24) is 19.1 Å². The monoisotopic (exact) mass is 1220 g/mol. The van der Waals surface area contributed by atoms with Crippen molar-refractivity contribution >= 4 is 44.9 Å². The molecule has 2 aliphatic rings. The van der Waals surface area contributed by atoms with Crippen molar-refractivity contribution < 1.29 is 0 Å². The Bertz CT molecular complexity index is 5580. The smallest absolute Gasteiger partial charge is 0.0822 e. The lowest BCUT2D eigenvalue weighted by atomic mass is 9.86. The van der Waals surface area contributed by atoms with E-state index in [0.29, 0.717) is 0 Å². The molecule has 8 bridgehead atoms. The summed E-state index contributed by atoms with van der Waals surface area (Å²) < 4.78 is 5.07. The summed E-state index contributed by atoms with van der Waals surface area (Å²) in [6, 6.07) is 134. The molecule has 4 nitrogen and oxygen atoms in total. The highest BCUT2D eigenvalue weighted by Gasteiger charge is 2.36. The Morgan fingerprint density at radius 3 is 0.792 bits per heavy atom. The summed E-state index contributed by atoms with van der Waals surface area (Å²) in [4.78, 5) is 12.8. The van der Waals surface area contributed by atoms with Crippen LogP contribution in [0.3, 0.4) is 0 Å². The fraction of sp³-hybridized carbons (Fsp3) is 0. The van der Waals surface area contributed by atoms with Gasteiger partial charge in [0, 0.05) is 67.0 Å². The second-order valence-corrected chi connectivity index (χ2v) is 24.2. The van der Waals surface area contributed by atoms with Crippen LogP contribution >= 0.6 is 0 Å². The molecule has 0 saturated heterocycles. The van der Waals surface area contributed by atoms with Gasteiger partial charge < -0.3 is 9.13 Å². The van der Waals surface area contributed by atoms with E-state index in [1.807, 2.05) is 0 Å². The third-order valence-corrected chi connectivity index (χ3v) is 18.5. The second kappa shape index (κ2) is 25.0. The van der Waals surface area contributed by atoms with Crippen molar-refractivity contribution in [2.24, 2.45) is 0 Å². The van der Waals surface area contributed by atoms with Crippen LogP contribution in [0.1, 0.15) is 39.5 Å². The van der Waals surface area contributed by atoms with E-state index < -0.39 is 0 Å². The minimum atomic E-state index is 0.799. The zero-order chi connectivity index (χ0) is 63.7. The van der Waals surface area contributed by atoms with Crippen LogP contribution in [0.25, 0.3) is 134 Å². The van der Waals surface area contributed by atoms with E-state index in [4.69, 9.17) is 9.97 Å². The maximum absolute atomic E-state index is 6.63. The molecule has 0 amide bonds. The molecule has 0 radical (unpaired) electrons. The second-order valence-electron chi connectivity index (χ2n) is 24.2. The van der Waals surface area contributed by atoms with Crippen LogP contribution in [0.4, 0.5) is 0 Å². The van der Waals surface area contributed by atoms with Gasteiger partial charge in [-0.1, -0.05) is 340 Å². The molecule has 0 atom stereocenters. The number of rotatable bonds is 12. The minimum Gasteiger partial charge on any atom is -0.308 e. The molecule has 0 aliphatic carbocycles. The summed E-state index contributed by atoms with van der Waals surface area (Å²) >= 11 is 0. The van der Waals surface area contributed by atoms with Gasteiger partial charge in [0.2, 0.25) is 0 Å². The first kappa shape index (κ1) is 57.2. The zero-order valence-corrected chi connectivity index (χ0v) is 52.6. The minimum absolute atomic E-state index is 0.799. The van der Waals surface area contributed by atoms with Gasteiger partial charge in [0.1, 0.15) is 0 Å². The lowest BCUT2D eigenvalue weighted by Gasteiger charge is -2.17. The van der Waals surface area contributed by atoms with E-state index in [9.17, 15) is 0 Å². The number of hydrogen-bond donors (Lipinski definition) is 0. The summed E-state index contributed by atoms with van der Waals surface area (Å²) in [7, 11) is 0. The molecule has 0 N–H and O–H groups in total. The van der Waals surface area contributed by atoms with E-state index in [2.05, 4.69) is 385 Å². The number of benzene rings is 12. The summed E-state index contributed by atoms with van der Waals surface area (Å²) in [6.07, 6.45) is 2.33. The van der Waals surface area contributed by atoms with E-state index in [0.717, 1.165) is 168 Å². The first-order chi connectivity index (χ1) is 47.7. The van der Waals surface area contributed by atoms with Gasteiger partial charge in [-0.3, -0.25) is 0 Å². The molecular weight excluding hydrogens is 1160 g/mol. The van der Waals surface area contributed by atoms with E-state index >= 15 is 0 Å². The van der Waals surface area contributed by atoms with Gasteiger partial charge >= 0.3 is 0 Å². The molecule has 5 heterocycles. The van der Waals surface area contributed by atoms with Gasteiger partial charge in [-0.2, -0.15) is 0 Å². The standard InChI is InChI=1S/C92H62N4/c1-13-37-63(38-14-1)76-61-73-62-77-78(64-39-15-2-16-40-64)81(67-45-21-5-22-46-67)90(95(77)74-57-33-11-34-58-74)85(71-53-29-9-30-54-71)88-79(65-41-17-3-18-42-65)80(66-43-19-4-20-44-66)89(94-88)86(72-55-31-10-32-56-72)92-83(69-49-25-7-26-50-69)82(68-47-23-6-24-48-68)91(96(92)75-59-35-12-36-60-75)84(87(76)93-73)70-51-27-8-28-52-70/h1-62H. The van der Waals surface area contributed by atoms with Gasteiger partial charge in [0.05, 0.1) is 44.8 Å². The van der Waals surface area contributed by atoms with E-state index in [-0.39, 0.29) is 0 Å². The molecular formula is C92H62N4. The largest absolute Gasteiger partial charge is 0.308 e. The Kier molecular flexibility index (Phi) is 14.9. The molecule has 0 fully saturated rings. The Morgan fingerprint density at radius 1 is 0.198 bits per heavy atom. The molecule has 3 aromatic heterocycles. The molecule has 15 aromatic rings. The average Bonchev–Trinajstić information content (AvgIpc) is 1.55.